The van der Waals surface area contributed by atoms with Gasteiger partial charge in [-0.25, -0.2) is 0 Å². The van der Waals surface area contributed by atoms with E-state index in [1.54, 1.807) is 0 Å². The second kappa shape index (κ2) is 22.0. The van der Waals surface area contributed by atoms with Crippen molar-refractivity contribution in [3.05, 3.63) is 0 Å². The molecule has 0 rings (SSSR count). The highest BCUT2D eigenvalue weighted by Crippen LogP contribution is 2.19. The first kappa shape index (κ1) is 25.0. The molecule has 0 saturated heterocycles. The predicted molar refractivity (Wildman–Crippen MR) is 117 cm³/mol. The average molecular weight is 353 g/mol. The van der Waals surface area contributed by atoms with Gasteiger partial charge in [-0.1, -0.05) is 156 Å². The fourth-order valence-electron chi connectivity index (χ4n) is 3.93. The molecule has 0 aliphatic carbocycles. The standard InChI is InChI=1S/C25H52/c1-4-6-8-10-12-13-14-15-16-18-20-22-24-25(3)23-21-19-17-11-9-7-5-2/h25H,4-24H2,1-3H3. The van der Waals surface area contributed by atoms with E-state index in [2.05, 4.69) is 20.8 Å². The monoisotopic (exact) mass is 352 g/mol. The van der Waals surface area contributed by atoms with Crippen LogP contribution in [0.3, 0.4) is 0 Å². The minimum absolute atomic E-state index is 0.971. The Bertz CT molecular complexity index is 220. The van der Waals surface area contributed by atoms with Crippen LogP contribution in [-0.2, 0) is 0 Å². The first-order chi connectivity index (χ1) is 12.3. The van der Waals surface area contributed by atoms with Gasteiger partial charge in [-0.3, -0.25) is 0 Å². The number of rotatable bonds is 21. The van der Waals surface area contributed by atoms with Crippen LogP contribution in [0.4, 0.5) is 0 Å². The summed E-state index contributed by atoms with van der Waals surface area (Å²) in [6.45, 7) is 7.09. The Labute approximate surface area is 161 Å². The Kier molecular flexibility index (Phi) is 22.0. The maximum atomic E-state index is 2.48. The normalized spacial score (nSPS) is 12.6. The van der Waals surface area contributed by atoms with E-state index in [-0.39, 0.29) is 0 Å². The Hall–Kier alpha value is 0. The van der Waals surface area contributed by atoms with E-state index >= 15 is 0 Å². The largest absolute Gasteiger partial charge is 0.0654 e. The SMILES string of the molecule is CCCCCCCCCCCCCCC(C)CCCCCCCCC. The van der Waals surface area contributed by atoms with E-state index in [4.69, 9.17) is 0 Å². The third kappa shape index (κ3) is 22.0. The molecule has 0 heterocycles. The highest BCUT2D eigenvalue weighted by molar-refractivity contribution is 4.56. The van der Waals surface area contributed by atoms with Gasteiger partial charge in [-0.15, -0.1) is 0 Å². The van der Waals surface area contributed by atoms with E-state index in [1.165, 1.54) is 135 Å². The summed E-state index contributed by atoms with van der Waals surface area (Å²) in [7, 11) is 0. The van der Waals surface area contributed by atoms with Crippen LogP contribution in [0, 0.1) is 5.92 Å². The molecule has 0 aliphatic rings. The minimum Gasteiger partial charge on any atom is -0.0654 e. The maximum absolute atomic E-state index is 2.48. The Balaban J connectivity index is 3.11. The maximum Gasteiger partial charge on any atom is -0.0443 e. The third-order valence-corrected chi connectivity index (χ3v) is 5.85. The van der Waals surface area contributed by atoms with Gasteiger partial charge >= 0.3 is 0 Å². The molecule has 0 aromatic carbocycles. The lowest BCUT2D eigenvalue weighted by Gasteiger charge is -2.11. The molecule has 0 aromatic heterocycles. The van der Waals surface area contributed by atoms with Crippen LogP contribution in [0.25, 0.3) is 0 Å². The van der Waals surface area contributed by atoms with Crippen molar-refractivity contribution in [2.75, 3.05) is 0 Å². The first-order valence-corrected chi connectivity index (χ1v) is 12.3. The lowest BCUT2D eigenvalue weighted by atomic mass is 9.95. The molecule has 0 aromatic rings. The van der Waals surface area contributed by atoms with Crippen LogP contribution in [0.5, 0.6) is 0 Å². The summed E-state index contributed by atoms with van der Waals surface area (Å²) in [6.07, 6.45) is 30.8. The van der Waals surface area contributed by atoms with Crippen molar-refractivity contribution in [3.8, 4) is 0 Å². The molecule has 25 heavy (non-hydrogen) atoms. The topological polar surface area (TPSA) is 0 Å². The van der Waals surface area contributed by atoms with E-state index in [0.29, 0.717) is 0 Å². The highest BCUT2D eigenvalue weighted by atomic mass is 14.1. The van der Waals surface area contributed by atoms with E-state index in [9.17, 15) is 0 Å². The summed E-state index contributed by atoms with van der Waals surface area (Å²) < 4.78 is 0. The van der Waals surface area contributed by atoms with Gasteiger partial charge < -0.3 is 0 Å². The summed E-state index contributed by atoms with van der Waals surface area (Å²) in [5.74, 6) is 0.971. The summed E-state index contributed by atoms with van der Waals surface area (Å²) in [5, 5.41) is 0. The van der Waals surface area contributed by atoms with Crippen molar-refractivity contribution in [1.82, 2.24) is 0 Å². The van der Waals surface area contributed by atoms with Gasteiger partial charge in [0.1, 0.15) is 0 Å². The zero-order chi connectivity index (χ0) is 18.4. The summed E-state index contributed by atoms with van der Waals surface area (Å²) in [5.41, 5.74) is 0. The lowest BCUT2D eigenvalue weighted by molar-refractivity contribution is 0.430. The fraction of sp³-hybridized carbons (Fsp3) is 1.00. The second-order valence-corrected chi connectivity index (χ2v) is 8.69. The quantitative estimate of drug-likeness (QED) is 0.180. The fourth-order valence-corrected chi connectivity index (χ4v) is 3.93. The zero-order valence-corrected chi connectivity index (χ0v) is 18.4. The summed E-state index contributed by atoms with van der Waals surface area (Å²) >= 11 is 0. The molecule has 0 nitrogen and oxygen atoms in total. The Morgan fingerprint density at radius 3 is 0.880 bits per heavy atom. The molecule has 1 unspecified atom stereocenters. The van der Waals surface area contributed by atoms with Gasteiger partial charge in [-0.2, -0.15) is 0 Å². The molecule has 0 spiro atoms. The van der Waals surface area contributed by atoms with Crippen LogP contribution in [0.15, 0.2) is 0 Å². The van der Waals surface area contributed by atoms with Crippen LogP contribution in [0.1, 0.15) is 156 Å². The van der Waals surface area contributed by atoms with Gasteiger partial charge in [0.25, 0.3) is 0 Å². The van der Waals surface area contributed by atoms with Crippen molar-refractivity contribution in [3.63, 3.8) is 0 Å². The lowest BCUT2D eigenvalue weighted by Crippen LogP contribution is -1.95. The molecule has 0 aliphatic heterocycles. The summed E-state index contributed by atoms with van der Waals surface area (Å²) in [6, 6.07) is 0. The molecule has 0 amide bonds. The summed E-state index contributed by atoms with van der Waals surface area (Å²) in [4.78, 5) is 0. The molecule has 152 valence electrons. The smallest absolute Gasteiger partial charge is 0.0443 e. The molecular weight excluding hydrogens is 300 g/mol. The van der Waals surface area contributed by atoms with Crippen molar-refractivity contribution in [2.24, 2.45) is 5.92 Å². The third-order valence-electron chi connectivity index (χ3n) is 5.85. The number of hydrogen-bond acceptors (Lipinski definition) is 0. The van der Waals surface area contributed by atoms with Gasteiger partial charge in [0.2, 0.25) is 0 Å². The van der Waals surface area contributed by atoms with Crippen molar-refractivity contribution >= 4 is 0 Å². The van der Waals surface area contributed by atoms with Crippen LogP contribution < -0.4 is 0 Å². The van der Waals surface area contributed by atoms with Gasteiger partial charge in [0, 0.05) is 0 Å². The van der Waals surface area contributed by atoms with Crippen molar-refractivity contribution < 1.29 is 0 Å². The molecule has 0 bridgehead atoms. The molecule has 0 heteroatoms. The van der Waals surface area contributed by atoms with Gasteiger partial charge in [0.15, 0.2) is 0 Å². The molecule has 1 atom stereocenters. The van der Waals surface area contributed by atoms with Gasteiger partial charge in [0.05, 0.1) is 0 Å². The Morgan fingerprint density at radius 2 is 0.600 bits per heavy atom. The van der Waals surface area contributed by atoms with E-state index < -0.39 is 0 Å². The Morgan fingerprint density at radius 1 is 0.360 bits per heavy atom. The second-order valence-electron chi connectivity index (χ2n) is 8.69. The van der Waals surface area contributed by atoms with Crippen molar-refractivity contribution in [2.45, 2.75) is 156 Å². The molecule has 0 saturated carbocycles. The van der Waals surface area contributed by atoms with E-state index in [1.807, 2.05) is 0 Å². The van der Waals surface area contributed by atoms with Crippen LogP contribution >= 0.6 is 0 Å². The molecule has 0 fully saturated rings. The molecular formula is C25H52. The number of hydrogen-bond donors (Lipinski definition) is 0. The molecule has 0 radical (unpaired) electrons. The van der Waals surface area contributed by atoms with Crippen LogP contribution in [0.2, 0.25) is 0 Å². The van der Waals surface area contributed by atoms with Crippen molar-refractivity contribution in [1.29, 1.82) is 0 Å². The first-order valence-electron chi connectivity index (χ1n) is 12.3. The predicted octanol–water partition coefficient (Wildman–Crippen LogP) is 9.85. The van der Waals surface area contributed by atoms with Crippen LogP contribution in [-0.4, -0.2) is 0 Å². The average Bonchev–Trinajstić information content (AvgIpc) is 2.62. The van der Waals surface area contributed by atoms with E-state index in [0.717, 1.165) is 5.92 Å². The zero-order valence-electron chi connectivity index (χ0n) is 18.4. The highest BCUT2D eigenvalue weighted by Gasteiger charge is 2.02. The minimum atomic E-state index is 0.971. The number of unbranched alkanes of at least 4 members (excludes halogenated alkanes) is 17. The van der Waals surface area contributed by atoms with Gasteiger partial charge in [-0.05, 0) is 5.92 Å². The molecule has 0 N–H and O–H groups in total.